The molecule has 0 aliphatic carbocycles. The van der Waals surface area contributed by atoms with Crippen molar-refractivity contribution in [2.45, 2.75) is 6.92 Å². The molecule has 3 rings (SSSR count). The standard InChI is InChI=1S/C19H19ClN2O3/c1-14(23)25-18-8-3-2-7-17(18)19(24)22-11-9-21(10-12-22)16-6-4-5-15(20)13-16/h2-8,13H,9-12H2,1H3. The van der Waals surface area contributed by atoms with Crippen molar-refractivity contribution >= 4 is 29.2 Å². The molecule has 6 heteroatoms. The summed E-state index contributed by atoms with van der Waals surface area (Å²) in [5.41, 5.74) is 1.47. The van der Waals surface area contributed by atoms with Crippen LogP contribution in [0.1, 0.15) is 17.3 Å². The Labute approximate surface area is 151 Å². The van der Waals surface area contributed by atoms with E-state index < -0.39 is 5.97 Å². The minimum Gasteiger partial charge on any atom is -0.426 e. The van der Waals surface area contributed by atoms with Crippen molar-refractivity contribution in [2.24, 2.45) is 0 Å². The van der Waals surface area contributed by atoms with Gasteiger partial charge in [0.25, 0.3) is 5.91 Å². The van der Waals surface area contributed by atoms with E-state index in [-0.39, 0.29) is 5.91 Å². The average Bonchev–Trinajstić information content (AvgIpc) is 2.61. The van der Waals surface area contributed by atoms with Gasteiger partial charge < -0.3 is 14.5 Å². The molecule has 2 aromatic carbocycles. The number of rotatable bonds is 3. The monoisotopic (exact) mass is 358 g/mol. The summed E-state index contributed by atoms with van der Waals surface area (Å²) in [6.07, 6.45) is 0. The topological polar surface area (TPSA) is 49.9 Å². The highest BCUT2D eigenvalue weighted by atomic mass is 35.5. The van der Waals surface area contributed by atoms with Crippen molar-refractivity contribution in [3.05, 3.63) is 59.1 Å². The smallest absolute Gasteiger partial charge is 0.308 e. The predicted octanol–water partition coefficient (Wildman–Crippen LogP) is 3.23. The fourth-order valence-corrected chi connectivity index (χ4v) is 3.08. The van der Waals surface area contributed by atoms with Crippen molar-refractivity contribution in [3.8, 4) is 5.75 Å². The number of hydrogen-bond donors (Lipinski definition) is 0. The number of para-hydroxylation sites is 1. The first-order valence-corrected chi connectivity index (χ1v) is 8.49. The fraction of sp³-hybridized carbons (Fsp3) is 0.263. The molecule has 1 amide bonds. The Morgan fingerprint density at radius 1 is 1.00 bits per heavy atom. The van der Waals surface area contributed by atoms with Gasteiger partial charge in [-0.25, -0.2) is 0 Å². The predicted molar refractivity (Wildman–Crippen MR) is 97.3 cm³/mol. The SMILES string of the molecule is CC(=O)Oc1ccccc1C(=O)N1CCN(c2cccc(Cl)c2)CC1. The number of amides is 1. The Bertz CT molecular complexity index is 786. The van der Waals surface area contributed by atoms with Crippen molar-refractivity contribution in [2.75, 3.05) is 31.1 Å². The summed E-state index contributed by atoms with van der Waals surface area (Å²) in [6, 6.07) is 14.5. The summed E-state index contributed by atoms with van der Waals surface area (Å²) in [6.45, 7) is 3.97. The molecule has 1 aliphatic heterocycles. The van der Waals surface area contributed by atoms with E-state index in [1.807, 2.05) is 24.3 Å². The van der Waals surface area contributed by atoms with Crippen molar-refractivity contribution < 1.29 is 14.3 Å². The number of piperazine rings is 1. The van der Waals surface area contributed by atoms with E-state index in [4.69, 9.17) is 16.3 Å². The molecule has 5 nitrogen and oxygen atoms in total. The van der Waals surface area contributed by atoms with Crippen LogP contribution >= 0.6 is 11.6 Å². The van der Waals surface area contributed by atoms with Gasteiger partial charge in [0.05, 0.1) is 5.56 Å². The first-order chi connectivity index (χ1) is 12.0. The normalized spacial score (nSPS) is 14.3. The summed E-state index contributed by atoms with van der Waals surface area (Å²) < 4.78 is 5.15. The van der Waals surface area contributed by atoms with Crippen LogP contribution in [0, 0.1) is 0 Å². The number of anilines is 1. The first-order valence-electron chi connectivity index (χ1n) is 8.12. The summed E-state index contributed by atoms with van der Waals surface area (Å²) in [5, 5.41) is 0.700. The molecule has 1 aliphatic rings. The Balaban J connectivity index is 1.69. The highest BCUT2D eigenvalue weighted by Gasteiger charge is 2.24. The van der Waals surface area contributed by atoms with Gasteiger partial charge in [0, 0.05) is 43.8 Å². The third-order valence-electron chi connectivity index (χ3n) is 4.11. The van der Waals surface area contributed by atoms with Crippen LogP contribution in [-0.4, -0.2) is 43.0 Å². The van der Waals surface area contributed by atoms with Crippen LogP contribution in [0.3, 0.4) is 0 Å². The van der Waals surface area contributed by atoms with E-state index in [1.54, 1.807) is 29.2 Å². The molecule has 0 saturated carbocycles. The van der Waals surface area contributed by atoms with E-state index in [0.29, 0.717) is 29.4 Å². The lowest BCUT2D eigenvalue weighted by Gasteiger charge is -2.36. The van der Waals surface area contributed by atoms with Crippen molar-refractivity contribution in [1.82, 2.24) is 4.90 Å². The van der Waals surface area contributed by atoms with Crippen LogP contribution in [0.25, 0.3) is 0 Å². The Morgan fingerprint density at radius 3 is 2.40 bits per heavy atom. The van der Waals surface area contributed by atoms with Crippen LogP contribution in [0.15, 0.2) is 48.5 Å². The third-order valence-corrected chi connectivity index (χ3v) is 4.35. The molecule has 0 unspecified atom stereocenters. The van der Waals surface area contributed by atoms with E-state index in [2.05, 4.69) is 4.90 Å². The number of benzene rings is 2. The maximum Gasteiger partial charge on any atom is 0.308 e. The van der Waals surface area contributed by atoms with Crippen LogP contribution in [0.4, 0.5) is 5.69 Å². The van der Waals surface area contributed by atoms with Crippen LogP contribution in [-0.2, 0) is 4.79 Å². The molecule has 130 valence electrons. The van der Waals surface area contributed by atoms with Gasteiger partial charge in [-0.2, -0.15) is 0 Å². The third kappa shape index (κ3) is 4.12. The van der Waals surface area contributed by atoms with E-state index >= 15 is 0 Å². The number of halogens is 1. The summed E-state index contributed by atoms with van der Waals surface area (Å²) in [4.78, 5) is 28.0. The molecule has 1 heterocycles. The molecule has 0 atom stereocenters. The van der Waals surface area contributed by atoms with Crippen LogP contribution in [0.2, 0.25) is 5.02 Å². The van der Waals surface area contributed by atoms with Gasteiger partial charge >= 0.3 is 5.97 Å². The average molecular weight is 359 g/mol. The summed E-state index contributed by atoms with van der Waals surface area (Å²) in [7, 11) is 0. The second-order valence-electron chi connectivity index (χ2n) is 5.85. The van der Waals surface area contributed by atoms with Gasteiger partial charge in [-0.3, -0.25) is 9.59 Å². The largest absolute Gasteiger partial charge is 0.426 e. The van der Waals surface area contributed by atoms with Gasteiger partial charge in [-0.05, 0) is 30.3 Å². The number of carbonyl (C=O) groups is 2. The maximum absolute atomic E-state index is 12.8. The molecule has 1 saturated heterocycles. The Kier molecular flexibility index (Phi) is 5.24. The highest BCUT2D eigenvalue weighted by molar-refractivity contribution is 6.30. The van der Waals surface area contributed by atoms with Gasteiger partial charge in [0.15, 0.2) is 0 Å². The Morgan fingerprint density at radius 2 is 1.72 bits per heavy atom. The maximum atomic E-state index is 12.8. The zero-order chi connectivity index (χ0) is 17.8. The van der Waals surface area contributed by atoms with Crippen molar-refractivity contribution in [1.29, 1.82) is 0 Å². The molecule has 0 aromatic heterocycles. The van der Waals surface area contributed by atoms with Crippen molar-refractivity contribution in [3.63, 3.8) is 0 Å². The zero-order valence-electron chi connectivity index (χ0n) is 13.9. The molecule has 0 spiro atoms. The van der Waals surface area contributed by atoms with Gasteiger partial charge in [0.2, 0.25) is 0 Å². The number of ether oxygens (including phenoxy) is 1. The molecule has 1 fully saturated rings. The summed E-state index contributed by atoms with van der Waals surface area (Å²) in [5.74, 6) is -0.258. The van der Waals surface area contributed by atoms with E-state index in [9.17, 15) is 9.59 Å². The molecule has 0 bridgehead atoms. The first kappa shape index (κ1) is 17.3. The molecule has 2 aromatic rings. The van der Waals surface area contributed by atoms with Gasteiger partial charge in [-0.1, -0.05) is 29.8 Å². The van der Waals surface area contributed by atoms with E-state index in [1.165, 1.54) is 6.92 Å². The summed E-state index contributed by atoms with van der Waals surface area (Å²) >= 11 is 6.05. The van der Waals surface area contributed by atoms with Gasteiger partial charge in [-0.15, -0.1) is 0 Å². The lowest BCUT2D eigenvalue weighted by atomic mass is 10.1. The molecular weight excluding hydrogens is 340 g/mol. The second-order valence-corrected chi connectivity index (χ2v) is 6.29. The second kappa shape index (κ2) is 7.57. The van der Waals surface area contributed by atoms with Gasteiger partial charge in [0.1, 0.15) is 5.75 Å². The number of esters is 1. The molecule has 0 N–H and O–H groups in total. The molecule has 0 radical (unpaired) electrons. The lowest BCUT2D eigenvalue weighted by Crippen LogP contribution is -2.48. The molecule has 25 heavy (non-hydrogen) atoms. The quantitative estimate of drug-likeness (QED) is 0.624. The van der Waals surface area contributed by atoms with Crippen LogP contribution in [0.5, 0.6) is 5.75 Å². The number of hydrogen-bond acceptors (Lipinski definition) is 4. The fourth-order valence-electron chi connectivity index (χ4n) is 2.90. The minimum absolute atomic E-state index is 0.123. The van der Waals surface area contributed by atoms with E-state index in [0.717, 1.165) is 18.8 Å². The lowest BCUT2D eigenvalue weighted by molar-refractivity contribution is -0.131. The minimum atomic E-state index is -0.439. The Hall–Kier alpha value is -2.53. The number of nitrogens with zero attached hydrogens (tertiary/aromatic N) is 2. The zero-order valence-corrected chi connectivity index (χ0v) is 14.7. The molecular formula is C19H19ClN2O3. The number of carbonyl (C=O) groups excluding carboxylic acids is 2. The van der Waals surface area contributed by atoms with Crippen LogP contribution < -0.4 is 9.64 Å². The highest BCUT2D eigenvalue weighted by Crippen LogP contribution is 2.23.